The molecule has 0 bridgehead atoms. The number of ether oxygens (including phenoxy) is 2. The predicted octanol–water partition coefficient (Wildman–Crippen LogP) is 5.29. The smallest absolute Gasteiger partial charge is 0.264 e. The van der Waals surface area contributed by atoms with Gasteiger partial charge in [-0.05, 0) is 72.0 Å². The first-order valence-corrected chi connectivity index (χ1v) is 13.9. The third-order valence-electron chi connectivity index (χ3n) is 6.43. The molecular weight excluding hydrogens is 504 g/mol. The molecule has 0 radical (unpaired) electrons. The van der Waals surface area contributed by atoms with E-state index in [-0.39, 0.29) is 30.5 Å². The third kappa shape index (κ3) is 5.72. The number of carbonyl (C=O) groups excluding carboxylic acids is 2. The van der Waals surface area contributed by atoms with E-state index < -0.39 is 0 Å². The molecule has 2 aliphatic heterocycles. The Morgan fingerprint density at radius 3 is 2.74 bits per heavy atom. The molecule has 1 aromatic carbocycles. The van der Waals surface area contributed by atoms with E-state index in [0.29, 0.717) is 42.0 Å². The first-order chi connectivity index (χ1) is 17.1. The maximum absolute atomic E-state index is 13.7. The molecule has 35 heavy (non-hydrogen) atoms. The second kappa shape index (κ2) is 11.1. The van der Waals surface area contributed by atoms with Crippen molar-refractivity contribution < 1.29 is 19.1 Å². The molecule has 6 nitrogen and oxygen atoms in total. The number of hydrogen-bond acceptors (Lipinski definition) is 6. The molecule has 3 aromatic rings. The van der Waals surface area contributed by atoms with E-state index in [4.69, 9.17) is 21.1 Å². The van der Waals surface area contributed by atoms with Gasteiger partial charge in [-0.2, -0.15) is 0 Å². The first kappa shape index (κ1) is 24.3. The summed E-state index contributed by atoms with van der Waals surface area (Å²) in [5.74, 6) is 0.512. The van der Waals surface area contributed by atoms with Crippen LogP contribution < -0.4 is 4.74 Å². The molecule has 2 atom stereocenters. The average Bonchev–Trinajstić information content (AvgIpc) is 3.65. The number of halogens is 1. The maximum Gasteiger partial charge on any atom is 0.264 e. The second-order valence-electron chi connectivity index (χ2n) is 8.71. The highest BCUT2D eigenvalue weighted by Crippen LogP contribution is 2.34. The molecule has 2 amide bonds. The molecule has 4 heterocycles. The Balaban J connectivity index is 1.33. The zero-order valence-corrected chi connectivity index (χ0v) is 21.6. The largest absolute Gasteiger partial charge is 0.491 e. The Hall–Kier alpha value is -2.39. The highest BCUT2D eigenvalue weighted by molar-refractivity contribution is 7.12. The van der Waals surface area contributed by atoms with Crippen molar-refractivity contribution in [3.63, 3.8) is 0 Å². The lowest BCUT2D eigenvalue weighted by molar-refractivity contribution is -0.135. The van der Waals surface area contributed by atoms with Crippen LogP contribution >= 0.6 is 34.3 Å². The summed E-state index contributed by atoms with van der Waals surface area (Å²) in [5, 5.41) is 4.60. The quantitative estimate of drug-likeness (QED) is 0.397. The number of benzene rings is 1. The lowest BCUT2D eigenvalue weighted by atomic mass is 10.0. The molecule has 1 fully saturated rings. The van der Waals surface area contributed by atoms with Crippen LogP contribution in [-0.4, -0.2) is 60.6 Å². The van der Waals surface area contributed by atoms with Gasteiger partial charge in [0.05, 0.1) is 17.0 Å². The Morgan fingerprint density at radius 1 is 1.14 bits per heavy atom. The van der Waals surface area contributed by atoms with E-state index in [1.54, 1.807) is 34.4 Å². The van der Waals surface area contributed by atoms with Crippen molar-refractivity contribution in [2.75, 3.05) is 32.8 Å². The van der Waals surface area contributed by atoms with Gasteiger partial charge in [0.25, 0.3) is 5.91 Å². The normalized spacial score (nSPS) is 19.4. The Bertz CT molecular complexity index is 1140. The standard InChI is InChI=1S/C26H27ClN2O4S2/c27-18-5-7-19(8-6-18)33-17-22-21-10-14-35-23(21)9-11-29(22)25(30)16-28(15-20-3-1-12-32-20)26(31)24-4-2-13-34-24/h2,4-8,10,13-14,20,22H,1,3,9,11-12,15-17H2/t20-,22-/m0/s1. The van der Waals surface area contributed by atoms with Gasteiger partial charge in [-0.3, -0.25) is 9.59 Å². The van der Waals surface area contributed by atoms with Gasteiger partial charge in [-0.1, -0.05) is 17.7 Å². The van der Waals surface area contributed by atoms with Crippen LogP contribution in [0.4, 0.5) is 0 Å². The number of amides is 2. The summed E-state index contributed by atoms with van der Waals surface area (Å²) in [5.41, 5.74) is 1.12. The van der Waals surface area contributed by atoms with E-state index in [1.165, 1.54) is 16.2 Å². The third-order valence-corrected chi connectivity index (χ3v) is 8.54. The summed E-state index contributed by atoms with van der Waals surface area (Å²) in [6.45, 7) is 2.08. The molecular formula is C26H27ClN2O4S2. The number of rotatable bonds is 8. The summed E-state index contributed by atoms with van der Waals surface area (Å²) in [4.78, 5) is 32.4. The molecule has 2 aromatic heterocycles. The van der Waals surface area contributed by atoms with Crippen molar-refractivity contribution in [1.82, 2.24) is 9.80 Å². The number of fused-ring (bicyclic) bond motifs is 1. The molecule has 0 spiro atoms. The zero-order chi connectivity index (χ0) is 24.2. The summed E-state index contributed by atoms with van der Waals surface area (Å²) in [6.07, 6.45) is 2.67. The van der Waals surface area contributed by atoms with Crippen LogP contribution in [0.15, 0.2) is 53.2 Å². The fourth-order valence-electron chi connectivity index (χ4n) is 4.64. The molecule has 5 rings (SSSR count). The van der Waals surface area contributed by atoms with Crippen LogP contribution in [0.1, 0.15) is 39.0 Å². The molecule has 2 aliphatic rings. The van der Waals surface area contributed by atoms with Crippen molar-refractivity contribution in [2.45, 2.75) is 31.4 Å². The number of thiophene rings is 2. The summed E-state index contributed by atoms with van der Waals surface area (Å²) >= 11 is 9.11. The zero-order valence-electron chi connectivity index (χ0n) is 19.2. The lowest BCUT2D eigenvalue weighted by Crippen LogP contribution is -2.49. The van der Waals surface area contributed by atoms with Gasteiger partial charge >= 0.3 is 0 Å². The maximum atomic E-state index is 13.7. The van der Waals surface area contributed by atoms with E-state index >= 15 is 0 Å². The molecule has 0 unspecified atom stereocenters. The number of hydrogen-bond donors (Lipinski definition) is 0. The van der Waals surface area contributed by atoms with Crippen LogP contribution in [0.25, 0.3) is 0 Å². The molecule has 9 heteroatoms. The number of carbonyl (C=O) groups is 2. The molecule has 1 saturated heterocycles. The Morgan fingerprint density at radius 2 is 2.00 bits per heavy atom. The van der Waals surface area contributed by atoms with Gasteiger partial charge in [0.15, 0.2) is 0 Å². The van der Waals surface area contributed by atoms with Crippen LogP contribution in [0.3, 0.4) is 0 Å². The van der Waals surface area contributed by atoms with E-state index in [1.807, 2.05) is 28.5 Å². The van der Waals surface area contributed by atoms with Gasteiger partial charge in [-0.15, -0.1) is 22.7 Å². The van der Waals surface area contributed by atoms with Crippen molar-refractivity contribution >= 4 is 46.1 Å². The van der Waals surface area contributed by atoms with Crippen molar-refractivity contribution in [2.24, 2.45) is 0 Å². The van der Waals surface area contributed by atoms with Crippen LogP contribution in [0.5, 0.6) is 5.75 Å². The van der Waals surface area contributed by atoms with Gasteiger partial charge in [-0.25, -0.2) is 0 Å². The highest BCUT2D eigenvalue weighted by Gasteiger charge is 2.34. The highest BCUT2D eigenvalue weighted by atomic mass is 35.5. The minimum Gasteiger partial charge on any atom is -0.491 e. The molecule has 184 valence electrons. The van der Waals surface area contributed by atoms with Gasteiger partial charge in [0.2, 0.25) is 5.91 Å². The number of nitrogens with zero attached hydrogens (tertiary/aromatic N) is 2. The SMILES string of the molecule is O=C(c1cccs1)N(CC(=O)N1CCc2sccc2[C@@H]1COc1ccc(Cl)cc1)C[C@@H]1CCCO1. The first-order valence-electron chi connectivity index (χ1n) is 11.8. The fourth-order valence-corrected chi connectivity index (χ4v) is 6.39. The minimum absolute atomic E-state index is 0.0213. The average molecular weight is 531 g/mol. The Labute approximate surface area is 218 Å². The minimum atomic E-state index is -0.213. The summed E-state index contributed by atoms with van der Waals surface area (Å²) < 4.78 is 11.9. The molecule has 0 N–H and O–H groups in total. The van der Waals surface area contributed by atoms with Crippen LogP contribution in [0.2, 0.25) is 5.02 Å². The molecule has 0 saturated carbocycles. The van der Waals surface area contributed by atoms with E-state index in [2.05, 4.69) is 11.4 Å². The van der Waals surface area contributed by atoms with Gasteiger partial charge in [0, 0.05) is 29.6 Å². The topological polar surface area (TPSA) is 59.1 Å². The van der Waals surface area contributed by atoms with Crippen molar-refractivity contribution in [3.8, 4) is 5.75 Å². The predicted molar refractivity (Wildman–Crippen MR) is 139 cm³/mol. The van der Waals surface area contributed by atoms with E-state index in [9.17, 15) is 9.59 Å². The van der Waals surface area contributed by atoms with Crippen LogP contribution in [-0.2, 0) is 16.0 Å². The Kier molecular flexibility index (Phi) is 7.72. The van der Waals surface area contributed by atoms with E-state index in [0.717, 1.165) is 24.8 Å². The van der Waals surface area contributed by atoms with Crippen molar-refractivity contribution in [1.29, 1.82) is 0 Å². The monoisotopic (exact) mass is 530 g/mol. The lowest BCUT2D eigenvalue weighted by Gasteiger charge is -2.37. The van der Waals surface area contributed by atoms with Crippen LogP contribution in [0, 0.1) is 0 Å². The van der Waals surface area contributed by atoms with Crippen molar-refractivity contribution in [3.05, 3.63) is 73.6 Å². The summed E-state index contributed by atoms with van der Waals surface area (Å²) in [7, 11) is 0. The van der Waals surface area contributed by atoms with Gasteiger partial charge in [0.1, 0.15) is 18.9 Å². The molecule has 0 aliphatic carbocycles. The fraction of sp³-hybridized carbons (Fsp3) is 0.385. The van der Waals surface area contributed by atoms with Gasteiger partial charge < -0.3 is 19.3 Å². The summed E-state index contributed by atoms with van der Waals surface area (Å²) in [6, 6.07) is 12.8. The second-order valence-corrected chi connectivity index (χ2v) is 11.1.